The Morgan fingerprint density at radius 3 is 2.47 bits per heavy atom. The fourth-order valence-electron chi connectivity index (χ4n) is 1.47. The molecule has 1 aromatic carbocycles. The molecule has 0 atom stereocenters. The highest BCUT2D eigenvalue weighted by Gasteiger charge is 2.31. The Morgan fingerprint density at radius 2 is 2.00 bits per heavy atom. The largest absolute Gasteiger partial charge is 0.477 e. The Hall–Kier alpha value is -1.83. The van der Waals surface area contributed by atoms with E-state index >= 15 is 0 Å². The Bertz CT molecular complexity index is 637. The van der Waals surface area contributed by atoms with Crippen LogP contribution in [0.25, 0.3) is 11.3 Å². The van der Waals surface area contributed by atoms with E-state index < -0.39 is 17.7 Å². The number of aromatic amines is 1. The molecule has 0 bridgehead atoms. The number of aromatic carboxylic acids is 1. The lowest BCUT2D eigenvalue weighted by Gasteiger charge is -2.08. The number of H-pyrrole nitrogens is 1. The lowest BCUT2D eigenvalue weighted by molar-refractivity contribution is -0.137. The van der Waals surface area contributed by atoms with Gasteiger partial charge in [-0.2, -0.15) is 18.3 Å². The second-order valence-electron chi connectivity index (χ2n) is 3.66. The van der Waals surface area contributed by atoms with Crippen LogP contribution in [0.2, 0.25) is 0 Å². The molecule has 2 aromatic rings. The predicted molar refractivity (Wildman–Crippen MR) is 63.7 cm³/mol. The fourth-order valence-corrected chi connectivity index (χ4v) is 2.05. The monoisotopic (exact) mass is 334 g/mol. The molecule has 0 saturated heterocycles. The molecule has 1 heterocycles. The summed E-state index contributed by atoms with van der Waals surface area (Å²) in [5, 5.41) is 14.8. The Labute approximate surface area is 113 Å². The molecule has 0 spiro atoms. The van der Waals surface area contributed by atoms with Gasteiger partial charge >= 0.3 is 12.1 Å². The maximum Gasteiger partial charge on any atom is 0.416 e. The molecule has 19 heavy (non-hydrogen) atoms. The number of nitrogens with one attached hydrogen (secondary N) is 1. The van der Waals surface area contributed by atoms with E-state index in [1.165, 1.54) is 12.1 Å². The van der Waals surface area contributed by atoms with Gasteiger partial charge < -0.3 is 5.11 Å². The van der Waals surface area contributed by atoms with Crippen molar-refractivity contribution in [2.24, 2.45) is 0 Å². The van der Waals surface area contributed by atoms with Gasteiger partial charge in [0.15, 0.2) is 0 Å². The summed E-state index contributed by atoms with van der Waals surface area (Å²) in [6, 6.07) is 4.31. The van der Waals surface area contributed by atoms with Crippen LogP contribution >= 0.6 is 15.9 Å². The summed E-state index contributed by atoms with van der Waals surface area (Å²) in [5.74, 6) is -1.19. The van der Waals surface area contributed by atoms with E-state index in [0.29, 0.717) is 5.56 Å². The van der Waals surface area contributed by atoms with Crippen LogP contribution in [0.5, 0.6) is 0 Å². The number of carboxylic acid groups (broad SMARTS) is 1. The summed E-state index contributed by atoms with van der Waals surface area (Å²) in [7, 11) is 0. The third kappa shape index (κ3) is 2.78. The molecule has 0 fully saturated rings. The van der Waals surface area contributed by atoms with Crippen molar-refractivity contribution < 1.29 is 23.1 Å². The van der Waals surface area contributed by atoms with Crippen molar-refractivity contribution in [3.63, 3.8) is 0 Å². The quantitative estimate of drug-likeness (QED) is 0.882. The first-order valence-corrected chi connectivity index (χ1v) is 5.74. The smallest absolute Gasteiger partial charge is 0.416 e. The molecule has 2 N–H and O–H groups in total. The molecule has 0 saturated carbocycles. The Morgan fingerprint density at radius 1 is 1.32 bits per heavy atom. The zero-order chi connectivity index (χ0) is 14.2. The molecular weight excluding hydrogens is 329 g/mol. The van der Waals surface area contributed by atoms with E-state index in [-0.39, 0.29) is 15.9 Å². The molecule has 8 heteroatoms. The van der Waals surface area contributed by atoms with Gasteiger partial charge in [0, 0.05) is 10.0 Å². The highest BCUT2D eigenvalue weighted by Crippen LogP contribution is 2.35. The predicted octanol–water partition coefficient (Wildman–Crippen LogP) is 3.56. The number of carboxylic acids is 1. The molecule has 0 aliphatic rings. The van der Waals surface area contributed by atoms with Crippen molar-refractivity contribution in [1.82, 2.24) is 10.2 Å². The van der Waals surface area contributed by atoms with Crippen molar-refractivity contribution in [2.75, 3.05) is 0 Å². The molecule has 4 nitrogen and oxygen atoms in total. The molecule has 0 amide bonds. The lowest BCUT2D eigenvalue weighted by atomic mass is 10.1. The van der Waals surface area contributed by atoms with E-state index in [1.54, 1.807) is 0 Å². The van der Waals surface area contributed by atoms with Gasteiger partial charge in [-0.15, -0.1) is 0 Å². The van der Waals surface area contributed by atoms with Gasteiger partial charge in [-0.25, -0.2) is 4.79 Å². The summed E-state index contributed by atoms with van der Waals surface area (Å²) in [6.45, 7) is 0. The third-order valence-corrected chi connectivity index (χ3v) is 3.04. The van der Waals surface area contributed by atoms with Gasteiger partial charge in [-0.1, -0.05) is 22.0 Å². The molecule has 2 rings (SSSR count). The molecule has 0 aliphatic carbocycles. The molecule has 100 valence electrons. The summed E-state index contributed by atoms with van der Waals surface area (Å²) in [6.07, 6.45) is -4.43. The zero-order valence-electron chi connectivity index (χ0n) is 9.12. The van der Waals surface area contributed by atoms with Crippen LogP contribution in [0.4, 0.5) is 13.2 Å². The molecule has 0 aliphatic heterocycles. The van der Waals surface area contributed by atoms with Gasteiger partial charge in [0.1, 0.15) is 5.69 Å². The third-order valence-electron chi connectivity index (χ3n) is 2.38. The SMILES string of the molecule is O=C(O)c1cc(-c2ccc(C(F)(F)F)cc2Br)n[nH]1. The maximum atomic E-state index is 12.5. The number of aromatic nitrogens is 2. The number of carbonyl (C=O) groups is 1. The minimum atomic E-state index is -4.43. The van der Waals surface area contributed by atoms with Crippen molar-refractivity contribution in [1.29, 1.82) is 0 Å². The van der Waals surface area contributed by atoms with Gasteiger partial charge in [0.2, 0.25) is 0 Å². The van der Waals surface area contributed by atoms with Crippen LogP contribution in [0, 0.1) is 0 Å². The standard InChI is InChI=1S/C11H6BrF3N2O2/c12-7-3-5(11(13,14)15)1-2-6(7)8-4-9(10(18)19)17-16-8/h1-4H,(H,16,17)(H,18,19). The first-order chi connectivity index (χ1) is 8.79. The highest BCUT2D eigenvalue weighted by molar-refractivity contribution is 9.10. The van der Waals surface area contributed by atoms with E-state index in [0.717, 1.165) is 12.1 Å². The minimum absolute atomic E-state index is 0.137. The first-order valence-electron chi connectivity index (χ1n) is 4.95. The maximum absolute atomic E-state index is 12.5. The number of benzene rings is 1. The summed E-state index contributed by atoms with van der Waals surface area (Å²) in [4.78, 5) is 10.7. The normalized spacial score (nSPS) is 11.6. The van der Waals surface area contributed by atoms with E-state index in [9.17, 15) is 18.0 Å². The van der Waals surface area contributed by atoms with Crippen molar-refractivity contribution in [3.05, 3.63) is 40.0 Å². The highest BCUT2D eigenvalue weighted by atomic mass is 79.9. The van der Waals surface area contributed by atoms with Crippen molar-refractivity contribution in [3.8, 4) is 11.3 Å². The van der Waals surface area contributed by atoms with E-state index in [2.05, 4.69) is 26.1 Å². The number of nitrogens with zero attached hydrogens (tertiary/aromatic N) is 1. The Balaban J connectivity index is 2.43. The minimum Gasteiger partial charge on any atom is -0.477 e. The van der Waals surface area contributed by atoms with Crippen LogP contribution in [-0.4, -0.2) is 21.3 Å². The lowest BCUT2D eigenvalue weighted by Crippen LogP contribution is -2.04. The average Bonchev–Trinajstić information content (AvgIpc) is 2.76. The molecule has 1 aromatic heterocycles. The van der Waals surface area contributed by atoms with Crippen molar-refractivity contribution in [2.45, 2.75) is 6.18 Å². The fraction of sp³-hybridized carbons (Fsp3) is 0.0909. The van der Waals surface area contributed by atoms with Gasteiger partial charge in [-0.3, -0.25) is 5.10 Å². The zero-order valence-corrected chi connectivity index (χ0v) is 10.7. The number of halogens is 4. The number of alkyl halides is 3. The van der Waals surface area contributed by atoms with Crippen LogP contribution < -0.4 is 0 Å². The first kappa shape index (κ1) is 13.6. The molecule has 0 unspecified atom stereocenters. The van der Waals surface area contributed by atoms with Gasteiger partial charge in [0.25, 0.3) is 0 Å². The summed E-state index contributed by atoms with van der Waals surface area (Å²) in [5.41, 5.74) is -0.311. The average molecular weight is 335 g/mol. The van der Waals surface area contributed by atoms with Gasteiger partial charge in [-0.05, 0) is 18.2 Å². The molecule has 0 radical (unpaired) electrons. The van der Waals surface area contributed by atoms with E-state index in [4.69, 9.17) is 5.11 Å². The van der Waals surface area contributed by atoms with Crippen LogP contribution in [0.1, 0.15) is 16.1 Å². The second-order valence-corrected chi connectivity index (χ2v) is 4.52. The van der Waals surface area contributed by atoms with Crippen LogP contribution in [-0.2, 0) is 6.18 Å². The number of rotatable bonds is 2. The second kappa shape index (κ2) is 4.69. The Kier molecular flexibility index (Phi) is 3.36. The van der Waals surface area contributed by atoms with E-state index in [1.807, 2.05) is 0 Å². The van der Waals surface area contributed by atoms with Gasteiger partial charge in [0.05, 0.1) is 11.3 Å². The van der Waals surface area contributed by atoms with Crippen LogP contribution in [0.3, 0.4) is 0 Å². The topological polar surface area (TPSA) is 66.0 Å². The van der Waals surface area contributed by atoms with Crippen molar-refractivity contribution >= 4 is 21.9 Å². The number of hydrogen-bond donors (Lipinski definition) is 2. The summed E-state index contributed by atoms with van der Waals surface area (Å²) < 4.78 is 37.7. The van der Waals surface area contributed by atoms with Crippen LogP contribution in [0.15, 0.2) is 28.7 Å². The molecular formula is C11H6BrF3N2O2. The number of hydrogen-bond acceptors (Lipinski definition) is 2. The summed E-state index contributed by atoms with van der Waals surface area (Å²) >= 11 is 3.02.